The normalized spacial score (nSPS) is 14.5. The number of hydrogen-bond acceptors (Lipinski definition) is 3. The maximum Gasteiger partial charge on any atom is 0.328 e. The molecule has 0 atom stereocenters. The van der Waals surface area contributed by atoms with E-state index in [4.69, 9.17) is 0 Å². The third kappa shape index (κ3) is 3.43. The summed E-state index contributed by atoms with van der Waals surface area (Å²) in [5, 5.41) is 0. The number of aryl methyl sites for hydroxylation is 2. The number of ketones is 1. The van der Waals surface area contributed by atoms with E-state index in [2.05, 4.69) is 4.98 Å². The average molecular weight is 354 g/mol. The lowest BCUT2D eigenvalue weighted by molar-refractivity contribution is 0.102. The van der Waals surface area contributed by atoms with Crippen LogP contribution in [0, 0.1) is 19.8 Å². The number of hydrogen-bond donors (Lipinski definition) is 1. The fourth-order valence-electron chi connectivity index (χ4n) is 3.72. The number of nitrogens with one attached hydrogen (secondary N) is 1. The molecule has 1 fully saturated rings. The Morgan fingerprint density at radius 3 is 2.27 bits per heavy atom. The summed E-state index contributed by atoms with van der Waals surface area (Å²) in [5.41, 5.74) is 2.20. The number of carbonyl (C=O) groups excluding carboxylic acids is 1. The van der Waals surface area contributed by atoms with Crippen LogP contribution in [-0.4, -0.2) is 15.3 Å². The fourth-order valence-corrected chi connectivity index (χ4v) is 3.72. The predicted molar refractivity (Wildman–Crippen MR) is 102 cm³/mol. The molecule has 1 aliphatic carbocycles. The first-order valence-electron chi connectivity index (χ1n) is 9.28. The van der Waals surface area contributed by atoms with E-state index in [1.807, 2.05) is 45.9 Å². The molecule has 0 aliphatic heterocycles. The minimum Gasteiger partial charge on any atom is -0.290 e. The Labute approximate surface area is 153 Å². The second-order valence-corrected chi connectivity index (χ2v) is 7.79. The van der Waals surface area contributed by atoms with Gasteiger partial charge in [0.25, 0.3) is 5.56 Å². The summed E-state index contributed by atoms with van der Waals surface area (Å²) in [6.07, 6.45) is 3.26. The van der Waals surface area contributed by atoms with Gasteiger partial charge in [-0.25, -0.2) is 4.79 Å². The molecule has 0 bridgehead atoms. The van der Waals surface area contributed by atoms with Gasteiger partial charge in [-0.3, -0.25) is 19.1 Å². The summed E-state index contributed by atoms with van der Waals surface area (Å²) < 4.78 is 1.50. The van der Waals surface area contributed by atoms with E-state index >= 15 is 0 Å². The highest BCUT2D eigenvalue weighted by Crippen LogP contribution is 2.29. The van der Waals surface area contributed by atoms with Gasteiger partial charge in [0.15, 0.2) is 0 Å². The molecular weight excluding hydrogens is 328 g/mol. The summed E-state index contributed by atoms with van der Waals surface area (Å²) in [6.45, 7) is 8.11. The van der Waals surface area contributed by atoms with E-state index in [0.717, 1.165) is 30.4 Å². The SMILES string of the molecule is Cc1cc(C)cc(C(=O)c2c(C(C)C)c(=O)[nH]c(=O)n2CC2CCC2)c1. The molecule has 0 amide bonds. The highest BCUT2D eigenvalue weighted by atomic mass is 16.2. The first kappa shape index (κ1) is 18.4. The molecule has 138 valence electrons. The minimum atomic E-state index is -0.487. The first-order valence-corrected chi connectivity index (χ1v) is 9.28. The Morgan fingerprint density at radius 2 is 1.77 bits per heavy atom. The highest BCUT2D eigenvalue weighted by molar-refractivity contribution is 6.09. The smallest absolute Gasteiger partial charge is 0.290 e. The standard InChI is InChI=1S/C21H26N2O3/c1-12(2)17-18(19(24)16-9-13(3)8-14(4)10-16)23(11-15-6-5-7-15)21(26)22-20(17)25/h8-10,12,15H,5-7,11H2,1-4H3,(H,22,25,26). The van der Waals surface area contributed by atoms with Gasteiger partial charge < -0.3 is 0 Å². The molecule has 0 unspecified atom stereocenters. The van der Waals surface area contributed by atoms with Gasteiger partial charge in [0.2, 0.25) is 5.78 Å². The first-order chi connectivity index (χ1) is 12.3. The summed E-state index contributed by atoms with van der Waals surface area (Å²) in [5.74, 6) is -0.00993. The molecule has 1 aromatic carbocycles. The molecule has 1 N–H and O–H groups in total. The lowest BCUT2D eigenvalue weighted by Crippen LogP contribution is -2.40. The van der Waals surface area contributed by atoms with E-state index in [9.17, 15) is 14.4 Å². The molecule has 0 spiro atoms. The summed E-state index contributed by atoms with van der Waals surface area (Å²) in [7, 11) is 0. The largest absolute Gasteiger partial charge is 0.328 e. The molecule has 3 rings (SSSR count). The minimum absolute atomic E-state index is 0.156. The van der Waals surface area contributed by atoms with Crippen LogP contribution >= 0.6 is 0 Å². The van der Waals surface area contributed by atoms with Gasteiger partial charge in [-0.2, -0.15) is 0 Å². The molecule has 0 saturated heterocycles. The second kappa shape index (κ2) is 7.06. The summed E-state index contributed by atoms with van der Waals surface area (Å²) >= 11 is 0. The van der Waals surface area contributed by atoms with Crippen LogP contribution in [0.1, 0.15) is 71.8 Å². The van der Waals surface area contributed by atoms with Crippen LogP contribution in [0.25, 0.3) is 0 Å². The zero-order valence-electron chi connectivity index (χ0n) is 15.9. The molecule has 2 aromatic rings. The van der Waals surface area contributed by atoms with Crippen molar-refractivity contribution in [2.45, 2.75) is 59.4 Å². The van der Waals surface area contributed by atoms with E-state index in [0.29, 0.717) is 23.6 Å². The van der Waals surface area contributed by atoms with Gasteiger partial charge in [-0.1, -0.05) is 37.5 Å². The maximum atomic E-state index is 13.4. The molecular formula is C21H26N2O3. The monoisotopic (exact) mass is 354 g/mol. The second-order valence-electron chi connectivity index (χ2n) is 7.79. The quantitative estimate of drug-likeness (QED) is 0.837. The van der Waals surface area contributed by atoms with Crippen molar-refractivity contribution in [3.63, 3.8) is 0 Å². The number of benzene rings is 1. The number of aromatic amines is 1. The van der Waals surface area contributed by atoms with Gasteiger partial charge in [-0.15, -0.1) is 0 Å². The fraction of sp³-hybridized carbons (Fsp3) is 0.476. The van der Waals surface area contributed by atoms with Crippen molar-refractivity contribution in [2.24, 2.45) is 5.92 Å². The Bertz CT molecular complexity index is 942. The zero-order valence-corrected chi connectivity index (χ0v) is 15.9. The van der Waals surface area contributed by atoms with E-state index < -0.39 is 11.2 Å². The van der Waals surface area contributed by atoms with E-state index in [-0.39, 0.29) is 17.4 Å². The van der Waals surface area contributed by atoms with Crippen LogP contribution in [-0.2, 0) is 6.54 Å². The van der Waals surface area contributed by atoms with E-state index in [1.165, 1.54) is 4.57 Å². The number of aromatic nitrogens is 2. The summed E-state index contributed by atoms with van der Waals surface area (Å²) in [4.78, 5) is 40.8. The number of rotatable bonds is 5. The molecule has 1 heterocycles. The molecule has 26 heavy (non-hydrogen) atoms. The van der Waals surface area contributed by atoms with Crippen molar-refractivity contribution < 1.29 is 4.79 Å². The number of carbonyl (C=O) groups is 1. The zero-order chi connectivity index (χ0) is 19.0. The van der Waals surface area contributed by atoms with E-state index in [1.54, 1.807) is 0 Å². The molecule has 5 nitrogen and oxygen atoms in total. The molecule has 5 heteroatoms. The van der Waals surface area contributed by atoms with Crippen LogP contribution in [0.4, 0.5) is 0 Å². The van der Waals surface area contributed by atoms with Gasteiger partial charge in [0.1, 0.15) is 5.69 Å². The lowest BCUT2D eigenvalue weighted by Gasteiger charge is -2.27. The van der Waals surface area contributed by atoms with Crippen molar-refractivity contribution >= 4 is 5.78 Å². The van der Waals surface area contributed by atoms with Crippen molar-refractivity contribution in [3.8, 4) is 0 Å². The molecule has 0 radical (unpaired) electrons. The van der Waals surface area contributed by atoms with Crippen LogP contribution in [0.15, 0.2) is 27.8 Å². The van der Waals surface area contributed by atoms with Crippen LogP contribution < -0.4 is 11.2 Å². The average Bonchev–Trinajstić information content (AvgIpc) is 2.49. The Kier molecular flexibility index (Phi) is 4.99. The predicted octanol–water partition coefficient (Wildman–Crippen LogP) is 3.31. The van der Waals surface area contributed by atoms with Crippen LogP contribution in [0.3, 0.4) is 0 Å². The third-order valence-corrected chi connectivity index (χ3v) is 5.18. The molecule has 1 aliphatic rings. The highest BCUT2D eigenvalue weighted by Gasteiger charge is 2.27. The van der Waals surface area contributed by atoms with Crippen LogP contribution in [0.5, 0.6) is 0 Å². The van der Waals surface area contributed by atoms with Crippen molar-refractivity contribution in [3.05, 3.63) is 67.0 Å². The number of H-pyrrole nitrogens is 1. The third-order valence-electron chi connectivity index (χ3n) is 5.18. The van der Waals surface area contributed by atoms with Crippen LogP contribution in [0.2, 0.25) is 0 Å². The molecule has 1 saturated carbocycles. The van der Waals surface area contributed by atoms with Crippen molar-refractivity contribution in [1.82, 2.24) is 9.55 Å². The Hall–Kier alpha value is -2.43. The number of nitrogens with zero attached hydrogens (tertiary/aromatic N) is 1. The Morgan fingerprint density at radius 1 is 1.15 bits per heavy atom. The van der Waals surface area contributed by atoms with Crippen molar-refractivity contribution in [2.75, 3.05) is 0 Å². The maximum absolute atomic E-state index is 13.4. The van der Waals surface area contributed by atoms with Gasteiger partial charge in [-0.05, 0) is 50.7 Å². The molecule has 1 aromatic heterocycles. The lowest BCUT2D eigenvalue weighted by atomic mass is 9.85. The summed E-state index contributed by atoms with van der Waals surface area (Å²) in [6, 6.07) is 5.64. The Balaban J connectivity index is 2.23. The topological polar surface area (TPSA) is 71.9 Å². The van der Waals surface area contributed by atoms with Gasteiger partial charge in [0, 0.05) is 17.7 Å². The van der Waals surface area contributed by atoms with Gasteiger partial charge in [0.05, 0.1) is 0 Å². The van der Waals surface area contributed by atoms with Crippen molar-refractivity contribution in [1.29, 1.82) is 0 Å². The van der Waals surface area contributed by atoms with Gasteiger partial charge >= 0.3 is 5.69 Å².